The Kier molecular flexibility index (Phi) is 5.12. The standard InChI is InChI=1S/C15H25N3/c1-3-12-8-5-6-9-13(12)14(16-4-2)15-17-10-7-11-18-15/h7,10-14,16H,3-6,8-9H2,1-2H3. The second-order valence-corrected chi connectivity index (χ2v) is 5.26. The van der Waals surface area contributed by atoms with Gasteiger partial charge in [0.15, 0.2) is 0 Å². The highest BCUT2D eigenvalue weighted by Crippen LogP contribution is 2.39. The van der Waals surface area contributed by atoms with E-state index >= 15 is 0 Å². The van der Waals surface area contributed by atoms with Crippen LogP contribution in [0.25, 0.3) is 0 Å². The Morgan fingerprint density at radius 2 is 1.94 bits per heavy atom. The van der Waals surface area contributed by atoms with Gasteiger partial charge in [-0.2, -0.15) is 0 Å². The minimum absolute atomic E-state index is 0.335. The van der Waals surface area contributed by atoms with Crippen LogP contribution >= 0.6 is 0 Å². The molecule has 1 aliphatic carbocycles. The first-order valence-corrected chi connectivity index (χ1v) is 7.37. The summed E-state index contributed by atoms with van der Waals surface area (Å²) in [6.45, 7) is 5.47. The zero-order valence-corrected chi connectivity index (χ0v) is 11.6. The van der Waals surface area contributed by atoms with E-state index in [-0.39, 0.29) is 0 Å². The molecule has 18 heavy (non-hydrogen) atoms. The Morgan fingerprint density at radius 3 is 2.61 bits per heavy atom. The van der Waals surface area contributed by atoms with Crippen LogP contribution in [0.15, 0.2) is 18.5 Å². The van der Waals surface area contributed by atoms with E-state index in [0.29, 0.717) is 12.0 Å². The first-order chi connectivity index (χ1) is 8.86. The highest BCUT2D eigenvalue weighted by Gasteiger charge is 2.32. The topological polar surface area (TPSA) is 37.8 Å². The van der Waals surface area contributed by atoms with Gasteiger partial charge in [0.05, 0.1) is 6.04 Å². The van der Waals surface area contributed by atoms with E-state index in [0.717, 1.165) is 18.3 Å². The fourth-order valence-electron chi connectivity index (χ4n) is 3.31. The summed E-state index contributed by atoms with van der Waals surface area (Å²) in [5.41, 5.74) is 0. The van der Waals surface area contributed by atoms with E-state index < -0.39 is 0 Å². The predicted molar refractivity (Wildman–Crippen MR) is 74.2 cm³/mol. The fourth-order valence-corrected chi connectivity index (χ4v) is 3.31. The predicted octanol–water partition coefficient (Wildman–Crippen LogP) is 3.34. The summed E-state index contributed by atoms with van der Waals surface area (Å²) in [4.78, 5) is 8.94. The summed E-state index contributed by atoms with van der Waals surface area (Å²) in [5.74, 6) is 2.50. The van der Waals surface area contributed by atoms with Crippen LogP contribution in [0.3, 0.4) is 0 Å². The van der Waals surface area contributed by atoms with E-state index in [2.05, 4.69) is 29.1 Å². The van der Waals surface area contributed by atoms with Crippen molar-refractivity contribution < 1.29 is 0 Å². The van der Waals surface area contributed by atoms with Gasteiger partial charge in [-0.25, -0.2) is 9.97 Å². The summed E-state index contributed by atoms with van der Waals surface area (Å²) >= 11 is 0. The molecule has 3 heteroatoms. The molecule has 1 aliphatic rings. The number of hydrogen-bond acceptors (Lipinski definition) is 3. The van der Waals surface area contributed by atoms with Crippen molar-refractivity contribution in [3.05, 3.63) is 24.3 Å². The van der Waals surface area contributed by atoms with Crippen molar-refractivity contribution in [3.8, 4) is 0 Å². The smallest absolute Gasteiger partial charge is 0.145 e. The minimum atomic E-state index is 0.335. The molecule has 3 unspecified atom stereocenters. The fraction of sp³-hybridized carbons (Fsp3) is 0.733. The zero-order valence-electron chi connectivity index (χ0n) is 11.6. The van der Waals surface area contributed by atoms with Crippen LogP contribution in [-0.2, 0) is 0 Å². The molecule has 1 aromatic rings. The monoisotopic (exact) mass is 247 g/mol. The maximum atomic E-state index is 4.47. The Labute approximate surface area is 110 Å². The van der Waals surface area contributed by atoms with Crippen molar-refractivity contribution in [1.82, 2.24) is 15.3 Å². The summed E-state index contributed by atoms with van der Waals surface area (Å²) in [6.07, 6.45) is 10.4. The van der Waals surface area contributed by atoms with Gasteiger partial charge in [0.2, 0.25) is 0 Å². The number of nitrogens with one attached hydrogen (secondary N) is 1. The minimum Gasteiger partial charge on any atom is -0.307 e. The third-order valence-corrected chi connectivity index (χ3v) is 4.21. The molecule has 0 radical (unpaired) electrons. The van der Waals surface area contributed by atoms with Crippen LogP contribution in [0, 0.1) is 11.8 Å². The van der Waals surface area contributed by atoms with Gasteiger partial charge < -0.3 is 5.32 Å². The Hall–Kier alpha value is -0.960. The lowest BCUT2D eigenvalue weighted by Gasteiger charge is -2.36. The first-order valence-electron chi connectivity index (χ1n) is 7.37. The molecule has 3 atom stereocenters. The molecular weight excluding hydrogens is 222 g/mol. The third-order valence-electron chi connectivity index (χ3n) is 4.21. The van der Waals surface area contributed by atoms with E-state index in [1.165, 1.54) is 32.1 Å². The van der Waals surface area contributed by atoms with Crippen molar-refractivity contribution in [2.45, 2.75) is 52.0 Å². The highest BCUT2D eigenvalue weighted by atomic mass is 15.0. The molecule has 1 N–H and O–H groups in total. The number of rotatable bonds is 5. The molecule has 100 valence electrons. The lowest BCUT2D eigenvalue weighted by molar-refractivity contribution is 0.172. The van der Waals surface area contributed by atoms with Crippen LogP contribution in [0.4, 0.5) is 0 Å². The summed E-state index contributed by atoms with van der Waals surface area (Å²) in [6, 6.07) is 2.23. The first kappa shape index (κ1) is 13.5. The van der Waals surface area contributed by atoms with Gasteiger partial charge in [0, 0.05) is 12.4 Å². The Morgan fingerprint density at radius 1 is 1.22 bits per heavy atom. The number of nitrogens with zero attached hydrogens (tertiary/aromatic N) is 2. The molecule has 0 saturated heterocycles. The molecule has 1 fully saturated rings. The van der Waals surface area contributed by atoms with Crippen molar-refractivity contribution in [3.63, 3.8) is 0 Å². The number of aromatic nitrogens is 2. The zero-order chi connectivity index (χ0) is 12.8. The second kappa shape index (κ2) is 6.83. The van der Waals surface area contributed by atoms with E-state index in [4.69, 9.17) is 0 Å². The Bertz CT molecular complexity index is 339. The Balaban J connectivity index is 2.18. The molecule has 2 rings (SSSR count). The largest absolute Gasteiger partial charge is 0.307 e. The van der Waals surface area contributed by atoms with Gasteiger partial charge in [-0.3, -0.25) is 0 Å². The van der Waals surface area contributed by atoms with Crippen molar-refractivity contribution >= 4 is 0 Å². The SMILES string of the molecule is CCNC(c1ncccn1)C1CCCCC1CC. The molecule has 0 spiro atoms. The quantitative estimate of drug-likeness (QED) is 0.867. The summed E-state index contributed by atoms with van der Waals surface area (Å²) in [7, 11) is 0. The summed E-state index contributed by atoms with van der Waals surface area (Å²) < 4.78 is 0. The lowest BCUT2D eigenvalue weighted by Crippen LogP contribution is -2.35. The molecule has 0 amide bonds. The van der Waals surface area contributed by atoms with Crippen LogP contribution in [-0.4, -0.2) is 16.5 Å². The van der Waals surface area contributed by atoms with Crippen LogP contribution < -0.4 is 5.32 Å². The van der Waals surface area contributed by atoms with Crippen molar-refractivity contribution in [2.24, 2.45) is 11.8 Å². The maximum absolute atomic E-state index is 4.47. The van der Waals surface area contributed by atoms with Crippen LogP contribution in [0.1, 0.15) is 57.8 Å². The van der Waals surface area contributed by atoms with Gasteiger partial charge in [0.1, 0.15) is 5.82 Å². The maximum Gasteiger partial charge on any atom is 0.145 e. The van der Waals surface area contributed by atoms with E-state index in [1.807, 2.05) is 18.5 Å². The second-order valence-electron chi connectivity index (χ2n) is 5.26. The van der Waals surface area contributed by atoms with E-state index in [9.17, 15) is 0 Å². The average Bonchev–Trinajstić information content (AvgIpc) is 2.46. The summed E-state index contributed by atoms with van der Waals surface area (Å²) in [5, 5.41) is 3.61. The lowest BCUT2D eigenvalue weighted by atomic mass is 9.73. The van der Waals surface area contributed by atoms with Gasteiger partial charge in [-0.05, 0) is 30.9 Å². The molecule has 1 aromatic heterocycles. The van der Waals surface area contributed by atoms with Gasteiger partial charge in [-0.15, -0.1) is 0 Å². The molecule has 0 aliphatic heterocycles. The molecule has 1 heterocycles. The van der Waals surface area contributed by atoms with Gasteiger partial charge in [0.25, 0.3) is 0 Å². The van der Waals surface area contributed by atoms with Crippen molar-refractivity contribution in [1.29, 1.82) is 0 Å². The molecule has 0 bridgehead atoms. The molecule has 3 nitrogen and oxygen atoms in total. The van der Waals surface area contributed by atoms with E-state index in [1.54, 1.807) is 0 Å². The molecule has 0 aromatic carbocycles. The normalized spacial score (nSPS) is 25.9. The van der Waals surface area contributed by atoms with Crippen LogP contribution in [0.5, 0.6) is 0 Å². The average molecular weight is 247 g/mol. The highest BCUT2D eigenvalue weighted by molar-refractivity contribution is 5.00. The number of hydrogen-bond donors (Lipinski definition) is 1. The molecular formula is C15H25N3. The van der Waals surface area contributed by atoms with Gasteiger partial charge in [-0.1, -0.05) is 39.5 Å². The third kappa shape index (κ3) is 3.08. The van der Waals surface area contributed by atoms with Gasteiger partial charge >= 0.3 is 0 Å². The molecule has 1 saturated carbocycles. The van der Waals surface area contributed by atoms with Crippen LogP contribution in [0.2, 0.25) is 0 Å². The van der Waals surface area contributed by atoms with Crippen molar-refractivity contribution in [2.75, 3.05) is 6.54 Å².